The van der Waals surface area contributed by atoms with Crippen LogP contribution >= 0.6 is 0 Å². The summed E-state index contributed by atoms with van der Waals surface area (Å²) in [6.07, 6.45) is 0.307. The first-order chi connectivity index (χ1) is 14.5. The van der Waals surface area contributed by atoms with E-state index in [1.807, 2.05) is 13.8 Å². The van der Waals surface area contributed by atoms with Gasteiger partial charge in [0.25, 0.3) is 0 Å². The van der Waals surface area contributed by atoms with E-state index in [1.165, 1.54) is 44.7 Å². The fraction of sp³-hybridized carbons (Fsp3) is 0.381. The topological polar surface area (TPSA) is 95.1 Å². The van der Waals surface area contributed by atoms with Gasteiger partial charge in [0.1, 0.15) is 0 Å². The van der Waals surface area contributed by atoms with Crippen LogP contribution < -0.4 is 0 Å². The minimum atomic E-state index is -3.82. The molecule has 1 aliphatic rings. The summed E-state index contributed by atoms with van der Waals surface area (Å²) < 4.78 is 54.9. The van der Waals surface area contributed by atoms with E-state index in [9.17, 15) is 21.6 Å². The van der Waals surface area contributed by atoms with E-state index in [0.29, 0.717) is 6.42 Å². The molecule has 0 N–H and O–H groups in total. The van der Waals surface area contributed by atoms with E-state index >= 15 is 0 Å². The highest BCUT2D eigenvalue weighted by atomic mass is 32.2. The minimum Gasteiger partial charge on any atom is -0.315 e. The Morgan fingerprint density at radius 1 is 0.710 bits per heavy atom. The third-order valence-electron chi connectivity index (χ3n) is 5.23. The fourth-order valence-electron chi connectivity index (χ4n) is 3.30. The van der Waals surface area contributed by atoms with Crippen LogP contribution in [-0.4, -0.2) is 62.7 Å². The first-order valence-electron chi connectivity index (χ1n) is 9.91. The lowest BCUT2D eigenvalue weighted by Crippen LogP contribution is -2.52. The molecule has 1 fully saturated rings. The van der Waals surface area contributed by atoms with Gasteiger partial charge in [0, 0.05) is 20.0 Å². The van der Waals surface area contributed by atoms with Crippen LogP contribution in [0.1, 0.15) is 24.5 Å². The van der Waals surface area contributed by atoms with Gasteiger partial charge in [0.15, 0.2) is 0 Å². The van der Waals surface area contributed by atoms with Gasteiger partial charge in [-0.25, -0.2) is 16.8 Å². The molecule has 0 unspecified atom stereocenters. The number of carbonyl (C=O) groups excluding carboxylic acids is 1. The smallest absolute Gasteiger partial charge is 0.244 e. The molecule has 2 aromatic carbocycles. The average molecular weight is 466 g/mol. The highest BCUT2D eigenvalue weighted by molar-refractivity contribution is 7.89. The lowest BCUT2D eigenvalue weighted by Gasteiger charge is -2.36. The van der Waals surface area contributed by atoms with Gasteiger partial charge >= 0.3 is 0 Å². The Labute approximate surface area is 184 Å². The molecule has 1 aliphatic heterocycles. The summed E-state index contributed by atoms with van der Waals surface area (Å²) >= 11 is 0. The van der Waals surface area contributed by atoms with Crippen LogP contribution in [0.2, 0.25) is 0 Å². The Hall–Kier alpha value is -2.27. The summed E-state index contributed by atoms with van der Waals surface area (Å²) in [5.74, 6) is -0.407. The maximum Gasteiger partial charge on any atom is 0.244 e. The number of carbonyl (C=O) groups is 1. The van der Waals surface area contributed by atoms with Crippen molar-refractivity contribution in [1.82, 2.24) is 13.5 Å². The molecular weight excluding hydrogens is 438 g/mol. The minimum absolute atomic E-state index is 0.0971. The third-order valence-corrected chi connectivity index (χ3v) is 8.93. The molecule has 0 spiro atoms. The van der Waals surface area contributed by atoms with E-state index in [0.717, 1.165) is 11.1 Å². The summed E-state index contributed by atoms with van der Waals surface area (Å²) in [6, 6.07) is 13.0. The fourth-order valence-corrected chi connectivity index (χ4v) is 6.18. The molecule has 0 aromatic heterocycles. The highest BCUT2D eigenvalue weighted by Gasteiger charge is 2.33. The van der Waals surface area contributed by atoms with E-state index in [2.05, 4.69) is 0 Å². The van der Waals surface area contributed by atoms with Crippen molar-refractivity contribution in [3.05, 3.63) is 59.7 Å². The average Bonchev–Trinajstić information content (AvgIpc) is 2.68. The molecule has 0 radical (unpaired) electrons. The van der Waals surface area contributed by atoms with Crippen molar-refractivity contribution in [2.75, 3.05) is 26.4 Å². The molecule has 2 aromatic rings. The molecule has 0 aliphatic carbocycles. The summed E-state index contributed by atoms with van der Waals surface area (Å²) in [7, 11) is -7.65. The van der Waals surface area contributed by atoms with Crippen molar-refractivity contribution in [3.63, 3.8) is 0 Å². The van der Waals surface area contributed by atoms with E-state index in [4.69, 9.17) is 0 Å². The number of aryl methyl sites for hydroxylation is 2. The molecule has 168 valence electrons. The van der Waals surface area contributed by atoms with Crippen LogP contribution in [0.25, 0.3) is 0 Å². The van der Waals surface area contributed by atoms with Crippen molar-refractivity contribution in [1.29, 1.82) is 0 Å². The Bertz CT molecular complexity index is 1060. The van der Waals surface area contributed by atoms with Crippen LogP contribution in [0, 0.1) is 13.8 Å². The molecule has 1 amide bonds. The maximum atomic E-state index is 13.1. The Balaban J connectivity index is 1.87. The predicted molar refractivity (Wildman–Crippen MR) is 117 cm³/mol. The van der Waals surface area contributed by atoms with Crippen molar-refractivity contribution in [3.8, 4) is 0 Å². The SMILES string of the molecule is CC(=O)N1CN(S(=O)(=O)c2ccc(C)cc2)CCCN(S(=O)(=O)c2ccc(C)cc2)C1. The van der Waals surface area contributed by atoms with Gasteiger partial charge in [-0.3, -0.25) is 4.79 Å². The predicted octanol–water partition coefficient (Wildman–Crippen LogP) is 2.15. The second-order valence-electron chi connectivity index (χ2n) is 7.68. The van der Waals surface area contributed by atoms with E-state index in [-0.39, 0.29) is 36.2 Å². The molecule has 0 atom stereocenters. The molecule has 0 bridgehead atoms. The molecule has 10 heteroatoms. The zero-order chi connectivity index (χ0) is 22.8. The largest absolute Gasteiger partial charge is 0.315 e. The van der Waals surface area contributed by atoms with Gasteiger partial charge in [-0.15, -0.1) is 0 Å². The van der Waals surface area contributed by atoms with Crippen molar-refractivity contribution < 1.29 is 21.6 Å². The standard InChI is InChI=1S/C21H27N3O5S2/c1-17-5-9-20(10-6-17)30(26,27)23-13-4-14-24(16-22(15-23)19(3)25)31(28,29)21-11-7-18(2)8-12-21/h5-12H,4,13-16H2,1-3H3. The highest BCUT2D eigenvalue weighted by Crippen LogP contribution is 2.22. The summed E-state index contributed by atoms with van der Waals surface area (Å²) in [4.78, 5) is 13.8. The quantitative estimate of drug-likeness (QED) is 0.690. The molecule has 3 rings (SSSR count). The number of benzene rings is 2. The number of sulfonamides is 2. The number of rotatable bonds is 4. The van der Waals surface area contributed by atoms with Crippen LogP contribution in [0.3, 0.4) is 0 Å². The van der Waals surface area contributed by atoms with Crippen LogP contribution in [0.15, 0.2) is 58.3 Å². The molecule has 1 heterocycles. The first kappa shape index (κ1) is 23.4. The van der Waals surface area contributed by atoms with Crippen LogP contribution in [0.4, 0.5) is 0 Å². The summed E-state index contributed by atoms with van der Waals surface area (Å²) in [5.41, 5.74) is 1.88. The second-order valence-corrected chi connectivity index (χ2v) is 11.6. The third kappa shape index (κ3) is 5.15. The Morgan fingerprint density at radius 3 is 1.39 bits per heavy atom. The van der Waals surface area contributed by atoms with Gasteiger partial charge in [-0.05, 0) is 44.5 Å². The first-order valence-corrected chi connectivity index (χ1v) is 12.8. The molecule has 1 saturated heterocycles. The van der Waals surface area contributed by atoms with Crippen LogP contribution in [0.5, 0.6) is 0 Å². The van der Waals surface area contributed by atoms with Gasteiger partial charge < -0.3 is 4.90 Å². The molecule has 31 heavy (non-hydrogen) atoms. The normalized spacial score (nSPS) is 17.2. The molecule has 8 nitrogen and oxygen atoms in total. The number of amides is 1. The Kier molecular flexibility index (Phi) is 6.85. The van der Waals surface area contributed by atoms with E-state index in [1.54, 1.807) is 24.3 Å². The maximum absolute atomic E-state index is 13.1. The van der Waals surface area contributed by atoms with Gasteiger partial charge in [0.05, 0.1) is 23.1 Å². The van der Waals surface area contributed by atoms with Gasteiger partial charge in [-0.2, -0.15) is 8.61 Å². The van der Waals surface area contributed by atoms with Crippen molar-refractivity contribution >= 4 is 26.0 Å². The number of hydrogen-bond acceptors (Lipinski definition) is 5. The lowest BCUT2D eigenvalue weighted by molar-refractivity contribution is -0.131. The van der Waals surface area contributed by atoms with E-state index < -0.39 is 26.0 Å². The number of hydrogen-bond donors (Lipinski definition) is 0. The zero-order valence-electron chi connectivity index (χ0n) is 17.9. The Morgan fingerprint density at radius 2 is 1.06 bits per heavy atom. The molecular formula is C21H27N3O5S2. The van der Waals surface area contributed by atoms with Gasteiger partial charge in [-0.1, -0.05) is 35.4 Å². The lowest BCUT2D eigenvalue weighted by atomic mass is 10.2. The van der Waals surface area contributed by atoms with Gasteiger partial charge in [0.2, 0.25) is 26.0 Å². The van der Waals surface area contributed by atoms with Crippen LogP contribution in [-0.2, 0) is 24.8 Å². The number of nitrogens with zero attached hydrogens (tertiary/aromatic N) is 3. The summed E-state index contributed by atoms with van der Waals surface area (Å²) in [5, 5.41) is 0. The second kappa shape index (κ2) is 9.07. The van der Waals surface area contributed by atoms with Crippen molar-refractivity contribution in [2.24, 2.45) is 0 Å². The molecule has 0 saturated carbocycles. The van der Waals surface area contributed by atoms with Crippen molar-refractivity contribution in [2.45, 2.75) is 37.0 Å². The zero-order valence-corrected chi connectivity index (χ0v) is 19.5. The monoisotopic (exact) mass is 465 g/mol. The summed E-state index contributed by atoms with van der Waals surface area (Å²) in [6.45, 7) is 4.80.